The van der Waals surface area contributed by atoms with Crippen molar-refractivity contribution in [2.24, 2.45) is 0 Å². The summed E-state index contributed by atoms with van der Waals surface area (Å²) in [6.07, 6.45) is 80.0. The van der Waals surface area contributed by atoms with E-state index >= 15 is 0 Å². The Hall–Kier alpha value is -3.50. The van der Waals surface area contributed by atoms with Gasteiger partial charge in [0.15, 0.2) is 12.2 Å². The van der Waals surface area contributed by atoms with Crippen LogP contribution in [0, 0.1) is 0 Å². The van der Waals surface area contributed by atoms with Gasteiger partial charge in [-0.1, -0.05) is 319 Å². The van der Waals surface area contributed by atoms with Crippen molar-refractivity contribution in [3.8, 4) is 0 Å². The summed E-state index contributed by atoms with van der Waals surface area (Å²) in [6.45, 7) is 4.81. The lowest BCUT2D eigenvalue weighted by Crippen LogP contribution is -2.30. The SMILES string of the molecule is CC/C=C\C/C=C\C/C=C\C/C=C\CCCCCCCCC(=O)OCC(COP(=O)(O)OCC(O)COP(=O)(O)OCC(COC(=O)CCCCCCC/C=C\CCCCCCCC)OC(=O)CCCCCCC/C=C\CCCCCCCC)OC(=O)CCCCCCCCCCCCCCCCC. The van der Waals surface area contributed by atoms with Gasteiger partial charge in [-0.15, -0.1) is 0 Å². The Balaban J connectivity index is 5.34. The molecule has 0 spiro atoms. The van der Waals surface area contributed by atoms with Gasteiger partial charge in [0.25, 0.3) is 0 Å². The van der Waals surface area contributed by atoms with Gasteiger partial charge in [0.05, 0.1) is 26.4 Å². The van der Waals surface area contributed by atoms with E-state index in [1.165, 1.54) is 141 Å². The standard InChI is InChI=1S/C85H154O17P2/c1-5-9-13-17-21-25-29-33-37-38-39-40-44-46-50-54-58-62-66-70-83(88)96-76-81(102-85(90)72-68-64-60-56-52-48-43-36-32-28-24-20-16-12-8-4)78-100-104(93,94)98-74-79(86)73-97-103(91,92)99-77-80(101-84(89)71-67-63-59-55-51-47-42-35-31-27-23-19-15-11-7-3)75-95-82(87)69-65-61-57-53-49-45-41-34-30-26-22-18-14-10-6-2/h9,13,21,25,33-35,37,39-42,79-81,86H,5-8,10-12,14-20,22-24,26-32,36,38,43-78H2,1-4H3,(H,91,92)(H,93,94)/b13-9-,25-21-,37-33-,40-39-,41-34-,42-35-. The van der Waals surface area contributed by atoms with Crippen LogP contribution in [-0.4, -0.2) is 96.7 Å². The van der Waals surface area contributed by atoms with Crippen LogP contribution in [0.15, 0.2) is 72.9 Å². The molecule has 17 nitrogen and oxygen atoms in total. The van der Waals surface area contributed by atoms with Crippen molar-refractivity contribution >= 4 is 39.5 Å². The molecule has 0 aromatic rings. The molecule has 5 unspecified atom stereocenters. The molecule has 0 saturated carbocycles. The second kappa shape index (κ2) is 77.7. The molecule has 0 aliphatic heterocycles. The van der Waals surface area contributed by atoms with Crippen molar-refractivity contribution in [2.45, 2.75) is 406 Å². The summed E-state index contributed by atoms with van der Waals surface area (Å²) in [5.41, 5.74) is 0. The topological polar surface area (TPSA) is 237 Å². The van der Waals surface area contributed by atoms with E-state index in [2.05, 4.69) is 101 Å². The Bertz CT molecular complexity index is 2250. The first-order chi connectivity index (χ1) is 50.7. The fourth-order valence-electron chi connectivity index (χ4n) is 11.7. The van der Waals surface area contributed by atoms with E-state index in [4.69, 9.17) is 37.0 Å². The molecule has 0 aliphatic rings. The predicted molar refractivity (Wildman–Crippen MR) is 427 cm³/mol. The van der Waals surface area contributed by atoms with E-state index < -0.39 is 97.5 Å². The molecule has 0 aromatic carbocycles. The number of carbonyl (C=O) groups is 4. The molecule has 0 aliphatic carbocycles. The molecule has 0 heterocycles. The minimum absolute atomic E-state index is 0.0874. The van der Waals surface area contributed by atoms with Crippen LogP contribution in [0.3, 0.4) is 0 Å². The number of esters is 4. The summed E-state index contributed by atoms with van der Waals surface area (Å²) in [7, 11) is -9.95. The number of hydrogen-bond acceptors (Lipinski definition) is 15. The van der Waals surface area contributed by atoms with E-state index in [1.54, 1.807) is 0 Å². The highest BCUT2D eigenvalue weighted by molar-refractivity contribution is 7.47. The highest BCUT2D eigenvalue weighted by Crippen LogP contribution is 2.45. The van der Waals surface area contributed by atoms with Gasteiger partial charge in [-0.2, -0.15) is 0 Å². The summed E-state index contributed by atoms with van der Waals surface area (Å²) < 4.78 is 68.8. The summed E-state index contributed by atoms with van der Waals surface area (Å²) >= 11 is 0. The van der Waals surface area contributed by atoms with Crippen LogP contribution < -0.4 is 0 Å². The van der Waals surface area contributed by atoms with Crippen LogP contribution >= 0.6 is 15.6 Å². The van der Waals surface area contributed by atoms with Gasteiger partial charge in [-0.3, -0.25) is 37.3 Å². The molecule has 19 heteroatoms. The monoisotopic (exact) mass is 1510 g/mol. The maximum Gasteiger partial charge on any atom is 0.472 e. The number of unbranched alkanes of at least 4 members (excludes halogenated alkanes) is 42. The number of ether oxygens (including phenoxy) is 4. The first-order valence-electron chi connectivity index (χ1n) is 42.2. The smallest absolute Gasteiger partial charge is 0.462 e. The molecule has 0 bridgehead atoms. The molecule has 0 amide bonds. The van der Waals surface area contributed by atoms with Crippen molar-refractivity contribution in [3.63, 3.8) is 0 Å². The number of aliphatic hydroxyl groups is 1. The van der Waals surface area contributed by atoms with Crippen LogP contribution in [-0.2, 0) is 65.4 Å². The van der Waals surface area contributed by atoms with E-state index in [9.17, 15) is 43.2 Å². The fraction of sp³-hybridized carbons (Fsp3) is 0.812. The van der Waals surface area contributed by atoms with Crippen molar-refractivity contribution in [1.82, 2.24) is 0 Å². The van der Waals surface area contributed by atoms with Gasteiger partial charge in [-0.25, -0.2) is 9.13 Å². The summed E-state index contributed by atoms with van der Waals surface area (Å²) in [6, 6.07) is 0. The number of hydrogen-bond donors (Lipinski definition) is 3. The van der Waals surface area contributed by atoms with E-state index in [0.717, 1.165) is 167 Å². The number of aliphatic hydroxyl groups excluding tert-OH is 1. The van der Waals surface area contributed by atoms with Crippen LogP contribution in [0.2, 0.25) is 0 Å². The third-order valence-electron chi connectivity index (χ3n) is 18.2. The minimum atomic E-state index is -4.98. The van der Waals surface area contributed by atoms with Crippen molar-refractivity contribution in [2.75, 3.05) is 39.6 Å². The number of rotatable bonds is 80. The summed E-state index contributed by atoms with van der Waals surface area (Å²) in [5, 5.41) is 10.7. The predicted octanol–water partition coefficient (Wildman–Crippen LogP) is 24.8. The average Bonchev–Trinajstić information content (AvgIpc) is 0.918. The van der Waals surface area contributed by atoms with E-state index in [1.807, 2.05) is 0 Å². The third kappa shape index (κ3) is 76.7. The number of phosphoric ester groups is 2. The molecule has 3 N–H and O–H groups in total. The number of allylic oxidation sites excluding steroid dienone is 12. The molecule has 0 saturated heterocycles. The molecule has 606 valence electrons. The maximum absolute atomic E-state index is 13.1. The van der Waals surface area contributed by atoms with Crippen molar-refractivity contribution in [1.29, 1.82) is 0 Å². The summed E-state index contributed by atoms with van der Waals surface area (Å²) in [4.78, 5) is 73.2. The lowest BCUT2D eigenvalue weighted by molar-refractivity contribution is -0.161. The molecule has 104 heavy (non-hydrogen) atoms. The van der Waals surface area contributed by atoms with Crippen LogP contribution in [0.4, 0.5) is 0 Å². The van der Waals surface area contributed by atoms with Gasteiger partial charge in [0.2, 0.25) is 0 Å². The Morgan fingerprint density at radius 2 is 0.500 bits per heavy atom. The zero-order valence-electron chi connectivity index (χ0n) is 66.5. The normalized spacial score (nSPS) is 14.2. The zero-order valence-corrected chi connectivity index (χ0v) is 68.2. The molecule has 0 radical (unpaired) electrons. The highest BCUT2D eigenvalue weighted by Gasteiger charge is 2.30. The fourth-order valence-corrected chi connectivity index (χ4v) is 13.3. The van der Waals surface area contributed by atoms with E-state index in [0.29, 0.717) is 25.7 Å². The quantitative estimate of drug-likeness (QED) is 0.0169. The molecule has 0 rings (SSSR count). The van der Waals surface area contributed by atoms with E-state index in [-0.39, 0.29) is 25.7 Å². The Labute approximate surface area is 634 Å². The van der Waals surface area contributed by atoms with Gasteiger partial charge in [0.1, 0.15) is 19.3 Å². The molecule has 5 atom stereocenters. The number of phosphoric acid groups is 2. The Kier molecular flexibility index (Phi) is 75.0. The Morgan fingerprint density at radius 3 is 0.779 bits per heavy atom. The lowest BCUT2D eigenvalue weighted by Gasteiger charge is -2.21. The van der Waals surface area contributed by atoms with Gasteiger partial charge >= 0.3 is 39.5 Å². The van der Waals surface area contributed by atoms with Gasteiger partial charge in [-0.05, 0) is 116 Å². The first-order valence-corrected chi connectivity index (χ1v) is 45.2. The zero-order chi connectivity index (χ0) is 76.0. The molecule has 0 aromatic heterocycles. The molecule has 0 fully saturated rings. The first kappa shape index (κ1) is 100. The average molecular weight is 1510 g/mol. The van der Waals surface area contributed by atoms with Crippen molar-refractivity contribution in [3.05, 3.63) is 72.9 Å². The second-order valence-electron chi connectivity index (χ2n) is 28.4. The molecular weight excluding hydrogens is 1350 g/mol. The van der Waals surface area contributed by atoms with Gasteiger partial charge in [0, 0.05) is 25.7 Å². The third-order valence-corrected chi connectivity index (χ3v) is 20.1. The van der Waals surface area contributed by atoms with Crippen LogP contribution in [0.1, 0.15) is 387 Å². The largest absolute Gasteiger partial charge is 0.472 e. The Morgan fingerprint density at radius 1 is 0.279 bits per heavy atom. The minimum Gasteiger partial charge on any atom is -0.462 e. The highest BCUT2D eigenvalue weighted by atomic mass is 31.2. The summed E-state index contributed by atoms with van der Waals surface area (Å²) in [5.74, 6) is -2.17. The molecular formula is C85H154O17P2. The number of carbonyl (C=O) groups excluding carboxylic acids is 4. The van der Waals surface area contributed by atoms with Crippen LogP contribution in [0.25, 0.3) is 0 Å². The maximum atomic E-state index is 13.1. The van der Waals surface area contributed by atoms with Crippen LogP contribution in [0.5, 0.6) is 0 Å². The van der Waals surface area contributed by atoms with Gasteiger partial charge < -0.3 is 33.8 Å². The van der Waals surface area contributed by atoms with Crippen molar-refractivity contribution < 1.29 is 80.2 Å². The second-order valence-corrected chi connectivity index (χ2v) is 31.3. The lowest BCUT2D eigenvalue weighted by atomic mass is 10.0.